The molecule has 1 atom stereocenters. The van der Waals surface area contributed by atoms with Gasteiger partial charge in [-0.05, 0) is 23.0 Å². The van der Waals surface area contributed by atoms with Gasteiger partial charge in [0.1, 0.15) is 6.04 Å². The average molecular weight is 288 g/mol. The molecule has 4 heteroatoms. The van der Waals surface area contributed by atoms with Crippen molar-refractivity contribution in [3.05, 3.63) is 35.4 Å². The molecular weight excluding hydrogens is 264 g/mol. The Morgan fingerprint density at radius 3 is 2.33 bits per heavy atom. The topological polar surface area (TPSA) is 49.4 Å². The molecule has 0 saturated carbocycles. The van der Waals surface area contributed by atoms with Gasteiger partial charge in [-0.1, -0.05) is 52.0 Å². The van der Waals surface area contributed by atoms with Gasteiger partial charge < -0.3 is 10.2 Å². The predicted octanol–water partition coefficient (Wildman–Crippen LogP) is 2.22. The van der Waals surface area contributed by atoms with E-state index < -0.39 is 0 Å². The molecular formula is C17H24N2O2. The molecule has 1 heterocycles. The minimum Gasteiger partial charge on any atom is -0.343 e. The molecule has 1 aliphatic heterocycles. The van der Waals surface area contributed by atoms with Crippen molar-refractivity contribution in [2.45, 2.75) is 52.1 Å². The van der Waals surface area contributed by atoms with Crippen LogP contribution in [0, 0.1) is 0 Å². The molecule has 4 nitrogen and oxygen atoms in total. The van der Waals surface area contributed by atoms with Crippen LogP contribution in [0.25, 0.3) is 0 Å². The molecule has 21 heavy (non-hydrogen) atoms. The van der Waals surface area contributed by atoms with E-state index in [2.05, 4.69) is 38.2 Å². The van der Waals surface area contributed by atoms with Crippen molar-refractivity contribution in [3.8, 4) is 0 Å². The SMILES string of the molecule is CCC1NC(=O)CN(Cc2ccc(C(C)(C)C)cc2)C1=O. The number of benzene rings is 1. The second kappa shape index (κ2) is 5.88. The van der Waals surface area contributed by atoms with E-state index in [9.17, 15) is 9.59 Å². The molecule has 1 fully saturated rings. The van der Waals surface area contributed by atoms with Crippen LogP contribution in [0.2, 0.25) is 0 Å². The summed E-state index contributed by atoms with van der Waals surface area (Å²) in [5, 5.41) is 2.73. The van der Waals surface area contributed by atoms with Crippen LogP contribution in [0.3, 0.4) is 0 Å². The van der Waals surface area contributed by atoms with E-state index in [-0.39, 0.29) is 29.8 Å². The monoisotopic (exact) mass is 288 g/mol. The van der Waals surface area contributed by atoms with Gasteiger partial charge in [0.25, 0.3) is 0 Å². The smallest absolute Gasteiger partial charge is 0.245 e. The molecule has 0 radical (unpaired) electrons. The van der Waals surface area contributed by atoms with Crippen molar-refractivity contribution in [3.63, 3.8) is 0 Å². The van der Waals surface area contributed by atoms with Crippen LogP contribution in [-0.4, -0.2) is 29.3 Å². The average Bonchev–Trinajstić information content (AvgIpc) is 2.42. The van der Waals surface area contributed by atoms with Crippen LogP contribution in [0.4, 0.5) is 0 Å². The molecule has 2 amide bonds. The fourth-order valence-electron chi connectivity index (χ4n) is 2.51. The first-order valence-corrected chi connectivity index (χ1v) is 7.49. The Hall–Kier alpha value is -1.84. The Morgan fingerprint density at radius 2 is 1.81 bits per heavy atom. The van der Waals surface area contributed by atoms with Gasteiger partial charge >= 0.3 is 0 Å². The quantitative estimate of drug-likeness (QED) is 0.927. The number of rotatable bonds is 3. The summed E-state index contributed by atoms with van der Waals surface area (Å²) in [4.78, 5) is 25.5. The Balaban J connectivity index is 2.10. The van der Waals surface area contributed by atoms with E-state index in [0.29, 0.717) is 13.0 Å². The van der Waals surface area contributed by atoms with Crippen LogP contribution in [0.1, 0.15) is 45.2 Å². The second-order valence-electron chi connectivity index (χ2n) is 6.67. The van der Waals surface area contributed by atoms with E-state index in [4.69, 9.17) is 0 Å². The molecule has 1 aliphatic rings. The predicted molar refractivity (Wildman–Crippen MR) is 82.8 cm³/mol. The molecule has 1 N–H and O–H groups in total. The standard InChI is InChI=1S/C17H24N2O2/c1-5-14-16(21)19(11-15(20)18-14)10-12-6-8-13(9-7-12)17(2,3)4/h6-9,14H,5,10-11H2,1-4H3,(H,18,20). The highest BCUT2D eigenvalue weighted by atomic mass is 16.2. The number of hydrogen-bond donors (Lipinski definition) is 1. The number of carbonyl (C=O) groups is 2. The van der Waals surface area contributed by atoms with Crippen LogP contribution in [-0.2, 0) is 21.5 Å². The fraction of sp³-hybridized carbons (Fsp3) is 0.529. The first-order chi connectivity index (χ1) is 9.81. The van der Waals surface area contributed by atoms with E-state index in [1.54, 1.807) is 4.90 Å². The summed E-state index contributed by atoms with van der Waals surface area (Å²) >= 11 is 0. The van der Waals surface area contributed by atoms with Crippen LogP contribution in [0.15, 0.2) is 24.3 Å². The number of nitrogens with zero attached hydrogens (tertiary/aromatic N) is 1. The number of nitrogens with one attached hydrogen (secondary N) is 1. The maximum absolute atomic E-state index is 12.2. The van der Waals surface area contributed by atoms with Crippen LogP contribution < -0.4 is 5.32 Å². The molecule has 1 aromatic carbocycles. The molecule has 2 rings (SSSR count). The lowest BCUT2D eigenvalue weighted by atomic mass is 9.87. The molecule has 1 aromatic rings. The summed E-state index contributed by atoms with van der Waals surface area (Å²) in [5.74, 6) is -0.0650. The molecule has 0 bridgehead atoms. The third-order valence-electron chi connectivity index (χ3n) is 3.88. The maximum Gasteiger partial charge on any atom is 0.245 e. The highest BCUT2D eigenvalue weighted by molar-refractivity contribution is 5.94. The summed E-state index contributed by atoms with van der Waals surface area (Å²) < 4.78 is 0. The summed E-state index contributed by atoms with van der Waals surface area (Å²) in [6.07, 6.45) is 0.629. The first kappa shape index (κ1) is 15.5. The third kappa shape index (κ3) is 3.63. The van der Waals surface area contributed by atoms with Gasteiger partial charge in [0.05, 0.1) is 6.54 Å². The summed E-state index contributed by atoms with van der Waals surface area (Å²) in [6.45, 7) is 9.07. The number of amides is 2. The molecule has 0 aliphatic carbocycles. The molecule has 1 unspecified atom stereocenters. The lowest BCUT2D eigenvalue weighted by Crippen LogP contribution is -2.57. The molecule has 1 saturated heterocycles. The van der Waals surface area contributed by atoms with Gasteiger partial charge in [0.15, 0.2) is 0 Å². The van der Waals surface area contributed by atoms with Crippen LogP contribution >= 0.6 is 0 Å². The Bertz CT molecular complexity index is 529. The van der Waals surface area contributed by atoms with Crippen molar-refractivity contribution in [2.75, 3.05) is 6.54 Å². The van der Waals surface area contributed by atoms with Gasteiger partial charge in [0, 0.05) is 6.54 Å². The Kier molecular flexibility index (Phi) is 4.35. The maximum atomic E-state index is 12.2. The summed E-state index contributed by atoms with van der Waals surface area (Å²) in [5.41, 5.74) is 2.44. The fourth-order valence-corrected chi connectivity index (χ4v) is 2.51. The zero-order valence-corrected chi connectivity index (χ0v) is 13.3. The van der Waals surface area contributed by atoms with Crippen LogP contribution in [0.5, 0.6) is 0 Å². The number of carbonyl (C=O) groups excluding carboxylic acids is 2. The highest BCUT2D eigenvalue weighted by Gasteiger charge is 2.31. The van der Waals surface area contributed by atoms with Crippen molar-refractivity contribution in [2.24, 2.45) is 0 Å². The lowest BCUT2D eigenvalue weighted by molar-refractivity contribution is -0.144. The Labute approximate surface area is 126 Å². The van der Waals surface area contributed by atoms with Gasteiger partial charge in [-0.25, -0.2) is 0 Å². The van der Waals surface area contributed by atoms with Gasteiger partial charge in [-0.3, -0.25) is 9.59 Å². The number of hydrogen-bond acceptors (Lipinski definition) is 2. The lowest BCUT2D eigenvalue weighted by Gasteiger charge is -2.32. The molecule has 114 valence electrons. The Morgan fingerprint density at radius 1 is 1.19 bits per heavy atom. The zero-order valence-electron chi connectivity index (χ0n) is 13.3. The second-order valence-corrected chi connectivity index (χ2v) is 6.67. The minimum absolute atomic E-state index is 0.0111. The first-order valence-electron chi connectivity index (χ1n) is 7.49. The molecule has 0 spiro atoms. The van der Waals surface area contributed by atoms with E-state index >= 15 is 0 Å². The minimum atomic E-state index is -0.375. The van der Waals surface area contributed by atoms with E-state index in [1.807, 2.05) is 19.1 Å². The van der Waals surface area contributed by atoms with E-state index in [1.165, 1.54) is 5.56 Å². The zero-order chi connectivity index (χ0) is 15.6. The molecule has 0 aromatic heterocycles. The van der Waals surface area contributed by atoms with Gasteiger partial charge in [-0.2, -0.15) is 0 Å². The summed E-state index contributed by atoms with van der Waals surface area (Å²) in [7, 11) is 0. The normalized spacial score (nSPS) is 19.6. The van der Waals surface area contributed by atoms with Crippen molar-refractivity contribution >= 4 is 11.8 Å². The highest BCUT2D eigenvalue weighted by Crippen LogP contribution is 2.22. The van der Waals surface area contributed by atoms with Gasteiger partial charge in [0.2, 0.25) is 11.8 Å². The van der Waals surface area contributed by atoms with E-state index in [0.717, 1.165) is 5.56 Å². The third-order valence-corrected chi connectivity index (χ3v) is 3.88. The van der Waals surface area contributed by atoms with Crippen molar-refractivity contribution in [1.29, 1.82) is 0 Å². The number of piperazine rings is 1. The summed E-state index contributed by atoms with van der Waals surface area (Å²) in [6, 6.07) is 7.91. The van der Waals surface area contributed by atoms with Crippen molar-refractivity contribution in [1.82, 2.24) is 10.2 Å². The van der Waals surface area contributed by atoms with Gasteiger partial charge in [-0.15, -0.1) is 0 Å². The largest absolute Gasteiger partial charge is 0.343 e. The van der Waals surface area contributed by atoms with Crippen molar-refractivity contribution < 1.29 is 9.59 Å².